The third-order valence-corrected chi connectivity index (χ3v) is 6.29. The Morgan fingerprint density at radius 1 is 1.07 bits per heavy atom. The minimum absolute atomic E-state index is 0.0480. The quantitative estimate of drug-likeness (QED) is 0.323. The number of aryl methyl sites for hydroxylation is 1. The molecule has 29 heavy (non-hydrogen) atoms. The maximum atomic E-state index is 12.1. The molecule has 0 unspecified atom stereocenters. The molecule has 7 nitrogen and oxygen atoms in total. The fraction of sp³-hybridized carbons (Fsp3) is 0.263. The van der Waals surface area contributed by atoms with Crippen LogP contribution in [0.2, 0.25) is 5.02 Å². The smallest absolute Gasteiger partial charge is 0.321 e. The van der Waals surface area contributed by atoms with Crippen LogP contribution in [0, 0.1) is 6.92 Å². The van der Waals surface area contributed by atoms with Gasteiger partial charge in [-0.05, 0) is 43.3 Å². The monoisotopic (exact) mass is 456 g/mol. The highest BCUT2D eigenvalue weighted by Gasteiger charge is 2.16. The van der Waals surface area contributed by atoms with Gasteiger partial charge in [-0.3, -0.25) is 9.59 Å². The molecular formula is C19H21ClN2O5S2. The largest absolute Gasteiger partial charge is 0.455 e. The number of nitrogens with one attached hydrogen (secondary N) is 2. The van der Waals surface area contributed by atoms with Gasteiger partial charge in [-0.2, -0.15) is 4.72 Å². The molecule has 0 radical (unpaired) electrons. The van der Waals surface area contributed by atoms with Crippen LogP contribution in [-0.2, 0) is 24.3 Å². The van der Waals surface area contributed by atoms with Crippen molar-refractivity contribution in [2.45, 2.75) is 16.7 Å². The Morgan fingerprint density at radius 3 is 2.38 bits per heavy atom. The first-order valence-corrected chi connectivity index (χ1v) is 11.5. The number of rotatable bonds is 10. The molecule has 0 heterocycles. The topological polar surface area (TPSA) is 102 Å². The van der Waals surface area contributed by atoms with Crippen LogP contribution < -0.4 is 10.0 Å². The van der Waals surface area contributed by atoms with Gasteiger partial charge in [0.05, 0.1) is 4.90 Å². The number of ether oxygens (including phenoxy) is 1. The van der Waals surface area contributed by atoms with Gasteiger partial charge in [-0.15, -0.1) is 11.8 Å². The zero-order valence-electron chi connectivity index (χ0n) is 15.7. The Morgan fingerprint density at radius 2 is 1.72 bits per heavy atom. The summed E-state index contributed by atoms with van der Waals surface area (Å²) >= 11 is 7.36. The lowest BCUT2D eigenvalue weighted by molar-refractivity contribution is -0.147. The number of sulfonamides is 1. The van der Waals surface area contributed by atoms with E-state index in [1.165, 1.54) is 12.1 Å². The first kappa shape index (κ1) is 23.2. The van der Waals surface area contributed by atoms with Gasteiger partial charge in [0, 0.05) is 22.2 Å². The summed E-state index contributed by atoms with van der Waals surface area (Å²) in [7, 11) is -3.82. The van der Waals surface area contributed by atoms with Gasteiger partial charge in [-0.25, -0.2) is 8.42 Å². The number of carbonyl (C=O) groups is 2. The lowest BCUT2D eigenvalue weighted by Gasteiger charge is -2.08. The lowest BCUT2D eigenvalue weighted by atomic mass is 10.2. The Labute approximate surface area is 179 Å². The van der Waals surface area contributed by atoms with E-state index in [1.807, 2.05) is 19.1 Å². The van der Waals surface area contributed by atoms with E-state index in [-0.39, 0.29) is 4.90 Å². The second kappa shape index (κ2) is 11.2. The summed E-state index contributed by atoms with van der Waals surface area (Å²) in [6, 6.07) is 13.5. The van der Waals surface area contributed by atoms with Crippen molar-refractivity contribution in [3.05, 3.63) is 59.1 Å². The molecule has 10 heteroatoms. The van der Waals surface area contributed by atoms with E-state index in [4.69, 9.17) is 16.3 Å². The van der Waals surface area contributed by atoms with Gasteiger partial charge >= 0.3 is 5.97 Å². The fourth-order valence-electron chi connectivity index (χ4n) is 2.09. The molecule has 2 N–H and O–H groups in total. The molecule has 0 aliphatic heterocycles. The van der Waals surface area contributed by atoms with E-state index in [9.17, 15) is 18.0 Å². The highest BCUT2D eigenvalue weighted by Crippen LogP contribution is 2.19. The van der Waals surface area contributed by atoms with Gasteiger partial charge in [0.15, 0.2) is 6.61 Å². The van der Waals surface area contributed by atoms with Gasteiger partial charge in [-0.1, -0.05) is 29.3 Å². The Bertz CT molecular complexity index is 932. The molecule has 0 bridgehead atoms. The van der Waals surface area contributed by atoms with Crippen molar-refractivity contribution in [3.63, 3.8) is 0 Å². The van der Waals surface area contributed by atoms with Crippen LogP contribution in [0.3, 0.4) is 0 Å². The number of hydrogen-bond acceptors (Lipinski definition) is 6. The van der Waals surface area contributed by atoms with E-state index in [0.29, 0.717) is 17.3 Å². The summed E-state index contributed by atoms with van der Waals surface area (Å²) < 4.78 is 31.1. The molecule has 0 spiro atoms. The molecule has 0 aliphatic carbocycles. The summed E-state index contributed by atoms with van der Waals surface area (Å²) in [6.07, 6.45) is 0. The van der Waals surface area contributed by atoms with Gasteiger partial charge in [0.25, 0.3) is 5.91 Å². The van der Waals surface area contributed by atoms with Crippen molar-refractivity contribution in [1.82, 2.24) is 10.0 Å². The first-order valence-electron chi connectivity index (χ1n) is 8.63. The van der Waals surface area contributed by atoms with Crippen molar-refractivity contribution in [3.8, 4) is 0 Å². The standard InChI is InChI=1S/C19H21ClN2O5S2/c1-14-2-8-17(9-3-14)29(25,26)22-12-19(24)27-13-18(23)21-10-11-28-16-6-4-15(20)5-7-16/h2-9,22H,10-13H2,1H3,(H,21,23). The minimum Gasteiger partial charge on any atom is -0.455 e. The molecule has 0 atom stereocenters. The molecule has 2 rings (SSSR count). The summed E-state index contributed by atoms with van der Waals surface area (Å²) in [5.41, 5.74) is 0.918. The van der Waals surface area contributed by atoms with E-state index in [0.717, 1.165) is 10.5 Å². The minimum atomic E-state index is -3.82. The molecule has 156 valence electrons. The molecule has 2 aromatic carbocycles. The van der Waals surface area contributed by atoms with Crippen LogP contribution >= 0.6 is 23.4 Å². The molecule has 0 saturated heterocycles. The van der Waals surface area contributed by atoms with E-state index in [1.54, 1.807) is 36.0 Å². The molecule has 2 aromatic rings. The van der Waals surface area contributed by atoms with Crippen LogP contribution in [0.15, 0.2) is 58.3 Å². The molecular weight excluding hydrogens is 436 g/mol. The van der Waals surface area contributed by atoms with Gasteiger partial charge in [0.1, 0.15) is 6.54 Å². The number of amides is 1. The predicted octanol–water partition coefficient (Wildman–Crippen LogP) is 2.38. The zero-order valence-corrected chi connectivity index (χ0v) is 18.1. The lowest BCUT2D eigenvalue weighted by Crippen LogP contribution is -2.34. The molecule has 0 aliphatic rings. The zero-order chi connectivity index (χ0) is 21.3. The number of benzene rings is 2. The Hall–Kier alpha value is -2.07. The Kier molecular flexibility index (Phi) is 8.97. The highest BCUT2D eigenvalue weighted by molar-refractivity contribution is 7.99. The van der Waals surface area contributed by atoms with Crippen LogP contribution in [0.25, 0.3) is 0 Å². The van der Waals surface area contributed by atoms with Gasteiger partial charge in [0.2, 0.25) is 10.0 Å². The van der Waals surface area contributed by atoms with Crippen molar-refractivity contribution in [2.24, 2.45) is 0 Å². The number of esters is 1. The summed E-state index contributed by atoms with van der Waals surface area (Å²) in [5, 5.41) is 3.28. The van der Waals surface area contributed by atoms with Crippen molar-refractivity contribution in [2.75, 3.05) is 25.4 Å². The molecule has 1 amide bonds. The normalized spacial score (nSPS) is 11.1. The second-order valence-corrected chi connectivity index (χ2v) is 9.32. The highest BCUT2D eigenvalue weighted by atomic mass is 35.5. The Balaban J connectivity index is 1.63. The average molecular weight is 457 g/mol. The first-order chi connectivity index (χ1) is 13.8. The average Bonchev–Trinajstić information content (AvgIpc) is 2.70. The number of thioether (sulfide) groups is 1. The number of hydrogen-bond donors (Lipinski definition) is 2. The van der Waals surface area contributed by atoms with Crippen LogP contribution in [0.4, 0.5) is 0 Å². The van der Waals surface area contributed by atoms with Crippen molar-refractivity contribution in [1.29, 1.82) is 0 Å². The predicted molar refractivity (Wildman–Crippen MR) is 113 cm³/mol. The summed E-state index contributed by atoms with van der Waals surface area (Å²) in [5.74, 6) is -0.666. The van der Waals surface area contributed by atoms with Crippen molar-refractivity contribution >= 4 is 45.3 Å². The molecule has 0 fully saturated rings. The van der Waals surface area contributed by atoms with E-state index < -0.39 is 35.1 Å². The SMILES string of the molecule is Cc1ccc(S(=O)(=O)NCC(=O)OCC(=O)NCCSc2ccc(Cl)cc2)cc1. The third kappa shape index (κ3) is 8.45. The van der Waals surface area contributed by atoms with Gasteiger partial charge < -0.3 is 10.1 Å². The number of halogens is 1. The summed E-state index contributed by atoms with van der Waals surface area (Å²) in [4.78, 5) is 24.5. The second-order valence-electron chi connectivity index (χ2n) is 5.95. The van der Waals surface area contributed by atoms with Crippen molar-refractivity contribution < 1.29 is 22.7 Å². The third-order valence-electron chi connectivity index (χ3n) is 3.61. The van der Waals surface area contributed by atoms with E-state index in [2.05, 4.69) is 10.0 Å². The maximum Gasteiger partial charge on any atom is 0.321 e. The number of carbonyl (C=O) groups excluding carboxylic acids is 2. The van der Waals surface area contributed by atoms with E-state index >= 15 is 0 Å². The fourth-order valence-corrected chi connectivity index (χ4v) is 3.96. The van der Waals surface area contributed by atoms with Crippen LogP contribution in [-0.4, -0.2) is 45.7 Å². The molecule has 0 aromatic heterocycles. The summed E-state index contributed by atoms with van der Waals surface area (Å²) in [6.45, 7) is 1.19. The van der Waals surface area contributed by atoms with Crippen LogP contribution in [0.1, 0.15) is 5.56 Å². The van der Waals surface area contributed by atoms with Crippen LogP contribution in [0.5, 0.6) is 0 Å². The molecule has 0 saturated carbocycles. The maximum absolute atomic E-state index is 12.1.